The molecule has 0 unspecified atom stereocenters. The average Bonchev–Trinajstić information content (AvgIpc) is 3.12. The number of hydrogen-bond donors (Lipinski definition) is 2. The van der Waals surface area contributed by atoms with Crippen LogP contribution in [0.1, 0.15) is 10.4 Å². The molecule has 2 N–H and O–H groups in total. The Balaban J connectivity index is 1.54. The third kappa shape index (κ3) is 3.15. The van der Waals surface area contributed by atoms with Crippen molar-refractivity contribution in [3.05, 3.63) is 78.4 Å². The number of ether oxygens (including phenoxy) is 1. The smallest absolute Gasteiger partial charge is 0.255 e. The highest BCUT2D eigenvalue weighted by atomic mass is 16.5. The number of H-pyrrole nitrogens is 1. The van der Waals surface area contributed by atoms with E-state index in [-0.39, 0.29) is 5.91 Å². The van der Waals surface area contributed by atoms with Gasteiger partial charge in [-0.2, -0.15) is 0 Å². The lowest BCUT2D eigenvalue weighted by molar-refractivity contribution is 0.102. The van der Waals surface area contributed by atoms with Crippen molar-refractivity contribution in [3.8, 4) is 17.1 Å². The number of methoxy groups -OCH3 is 1. The summed E-state index contributed by atoms with van der Waals surface area (Å²) in [6.07, 6.45) is 0. The fourth-order valence-electron chi connectivity index (χ4n) is 2.77. The van der Waals surface area contributed by atoms with E-state index in [1.54, 1.807) is 25.3 Å². The molecule has 0 spiro atoms. The van der Waals surface area contributed by atoms with Crippen molar-refractivity contribution in [1.82, 2.24) is 9.97 Å². The Morgan fingerprint density at radius 3 is 2.58 bits per heavy atom. The van der Waals surface area contributed by atoms with Gasteiger partial charge in [0.2, 0.25) is 0 Å². The highest BCUT2D eigenvalue weighted by Gasteiger charge is 2.09. The van der Waals surface area contributed by atoms with Crippen LogP contribution in [0.15, 0.2) is 72.8 Å². The molecule has 4 rings (SSSR count). The van der Waals surface area contributed by atoms with Gasteiger partial charge in [-0.05, 0) is 36.4 Å². The van der Waals surface area contributed by atoms with Gasteiger partial charge in [-0.15, -0.1) is 0 Å². The second-order valence-electron chi connectivity index (χ2n) is 5.87. The minimum Gasteiger partial charge on any atom is -0.497 e. The number of carbonyl (C=O) groups is 1. The number of fused-ring (bicyclic) bond motifs is 1. The third-order valence-electron chi connectivity index (χ3n) is 4.14. The van der Waals surface area contributed by atoms with Crippen LogP contribution in [0.2, 0.25) is 0 Å². The van der Waals surface area contributed by atoms with Gasteiger partial charge < -0.3 is 15.0 Å². The van der Waals surface area contributed by atoms with Crippen molar-refractivity contribution in [1.29, 1.82) is 0 Å². The Hall–Kier alpha value is -3.60. The number of aromatic amines is 1. The van der Waals surface area contributed by atoms with Gasteiger partial charge in [0, 0.05) is 22.9 Å². The molecular formula is C21H17N3O2. The zero-order valence-electron chi connectivity index (χ0n) is 14.2. The molecule has 5 nitrogen and oxygen atoms in total. The number of aromatic nitrogens is 2. The van der Waals surface area contributed by atoms with Crippen LogP contribution < -0.4 is 10.1 Å². The maximum absolute atomic E-state index is 12.4. The maximum Gasteiger partial charge on any atom is 0.255 e. The second-order valence-corrected chi connectivity index (χ2v) is 5.87. The van der Waals surface area contributed by atoms with E-state index in [1.165, 1.54) is 0 Å². The summed E-state index contributed by atoms with van der Waals surface area (Å²) in [4.78, 5) is 20.3. The zero-order chi connectivity index (χ0) is 17.9. The fraction of sp³-hybridized carbons (Fsp3) is 0.0476. The summed E-state index contributed by atoms with van der Waals surface area (Å²) in [6, 6.07) is 22.5. The molecule has 4 aromatic rings. The standard InChI is InChI=1S/C21H17N3O2/c1-26-17-6-4-5-16(13-17)22-21(25)15-11-9-14(10-12-15)20-23-18-7-2-3-8-19(18)24-20/h2-13H,1H3,(H,22,25)(H,23,24). The van der Waals surface area contributed by atoms with Gasteiger partial charge in [0.1, 0.15) is 11.6 Å². The number of amides is 1. The van der Waals surface area contributed by atoms with E-state index in [0.29, 0.717) is 17.0 Å². The summed E-state index contributed by atoms with van der Waals surface area (Å²) in [7, 11) is 1.59. The van der Waals surface area contributed by atoms with Gasteiger partial charge in [0.25, 0.3) is 5.91 Å². The summed E-state index contributed by atoms with van der Waals surface area (Å²) in [5.74, 6) is 1.31. The van der Waals surface area contributed by atoms with Crippen LogP contribution in [0.4, 0.5) is 5.69 Å². The lowest BCUT2D eigenvalue weighted by Crippen LogP contribution is -2.11. The Kier molecular flexibility index (Phi) is 4.11. The van der Waals surface area contributed by atoms with Crippen LogP contribution in [0.3, 0.4) is 0 Å². The lowest BCUT2D eigenvalue weighted by atomic mass is 10.1. The van der Waals surface area contributed by atoms with E-state index in [4.69, 9.17) is 4.74 Å². The first kappa shape index (κ1) is 15.9. The molecule has 1 amide bonds. The molecule has 0 bridgehead atoms. The third-order valence-corrected chi connectivity index (χ3v) is 4.14. The summed E-state index contributed by atoms with van der Waals surface area (Å²) < 4.78 is 5.17. The molecule has 0 aliphatic heterocycles. The predicted octanol–water partition coefficient (Wildman–Crippen LogP) is 4.49. The van der Waals surface area contributed by atoms with Crippen LogP contribution >= 0.6 is 0 Å². The lowest BCUT2D eigenvalue weighted by Gasteiger charge is -2.07. The normalized spacial score (nSPS) is 10.7. The Bertz CT molecular complexity index is 1040. The number of para-hydroxylation sites is 2. The van der Waals surface area contributed by atoms with Gasteiger partial charge in [-0.25, -0.2) is 4.98 Å². The number of imidazole rings is 1. The minimum absolute atomic E-state index is 0.172. The maximum atomic E-state index is 12.4. The number of nitrogens with one attached hydrogen (secondary N) is 2. The molecule has 26 heavy (non-hydrogen) atoms. The monoisotopic (exact) mass is 343 g/mol. The SMILES string of the molecule is COc1cccc(NC(=O)c2ccc(-c3nc4ccccc4[nH]3)cc2)c1. The first-order valence-corrected chi connectivity index (χ1v) is 8.23. The molecule has 0 fully saturated rings. The number of benzene rings is 3. The van der Waals surface area contributed by atoms with Gasteiger partial charge in [-0.1, -0.05) is 30.3 Å². The summed E-state index contributed by atoms with van der Waals surface area (Å²) >= 11 is 0. The van der Waals surface area contributed by atoms with E-state index < -0.39 is 0 Å². The molecule has 5 heteroatoms. The molecule has 128 valence electrons. The highest BCUT2D eigenvalue weighted by Crippen LogP contribution is 2.22. The predicted molar refractivity (Wildman–Crippen MR) is 102 cm³/mol. The van der Waals surface area contributed by atoms with E-state index in [0.717, 1.165) is 22.4 Å². The van der Waals surface area contributed by atoms with Crippen LogP contribution in [0.25, 0.3) is 22.4 Å². The largest absolute Gasteiger partial charge is 0.497 e. The van der Waals surface area contributed by atoms with E-state index in [2.05, 4.69) is 15.3 Å². The van der Waals surface area contributed by atoms with Crippen molar-refractivity contribution in [2.75, 3.05) is 12.4 Å². The number of rotatable bonds is 4. The summed E-state index contributed by atoms with van der Waals surface area (Å²) in [6.45, 7) is 0. The van der Waals surface area contributed by atoms with Crippen molar-refractivity contribution >= 4 is 22.6 Å². The summed E-state index contributed by atoms with van der Waals surface area (Å²) in [5, 5.41) is 2.87. The van der Waals surface area contributed by atoms with Gasteiger partial charge >= 0.3 is 0 Å². The van der Waals surface area contributed by atoms with Crippen LogP contribution in [0, 0.1) is 0 Å². The molecule has 1 aromatic heterocycles. The van der Waals surface area contributed by atoms with Crippen molar-refractivity contribution in [2.24, 2.45) is 0 Å². The van der Waals surface area contributed by atoms with Crippen LogP contribution in [-0.2, 0) is 0 Å². The molecule has 0 aliphatic carbocycles. The Morgan fingerprint density at radius 2 is 1.81 bits per heavy atom. The topological polar surface area (TPSA) is 67.0 Å². The summed E-state index contributed by atoms with van der Waals surface area (Å²) in [5.41, 5.74) is 4.10. The first-order valence-electron chi connectivity index (χ1n) is 8.23. The molecule has 0 saturated heterocycles. The van der Waals surface area contributed by atoms with E-state index in [9.17, 15) is 4.79 Å². The van der Waals surface area contributed by atoms with E-state index >= 15 is 0 Å². The average molecular weight is 343 g/mol. The number of hydrogen-bond acceptors (Lipinski definition) is 3. The molecule has 1 heterocycles. The number of nitrogens with zero attached hydrogens (tertiary/aromatic N) is 1. The van der Waals surface area contributed by atoms with Crippen LogP contribution in [0.5, 0.6) is 5.75 Å². The van der Waals surface area contributed by atoms with Gasteiger partial charge in [0.05, 0.1) is 18.1 Å². The quantitative estimate of drug-likeness (QED) is 0.574. The fourth-order valence-corrected chi connectivity index (χ4v) is 2.77. The number of carbonyl (C=O) groups excluding carboxylic acids is 1. The molecule has 3 aromatic carbocycles. The van der Waals surface area contributed by atoms with Gasteiger partial charge in [0.15, 0.2) is 0 Å². The Morgan fingerprint density at radius 1 is 1.00 bits per heavy atom. The van der Waals surface area contributed by atoms with Crippen molar-refractivity contribution < 1.29 is 9.53 Å². The molecule has 0 aliphatic rings. The molecule has 0 atom stereocenters. The van der Waals surface area contributed by atoms with Crippen molar-refractivity contribution in [3.63, 3.8) is 0 Å². The Labute approximate surface area is 150 Å². The zero-order valence-corrected chi connectivity index (χ0v) is 14.2. The van der Waals surface area contributed by atoms with Gasteiger partial charge in [-0.3, -0.25) is 4.79 Å². The molecular weight excluding hydrogens is 326 g/mol. The first-order chi connectivity index (χ1) is 12.7. The highest BCUT2D eigenvalue weighted by molar-refractivity contribution is 6.04. The minimum atomic E-state index is -0.172. The number of anilines is 1. The second kappa shape index (κ2) is 6.72. The molecule has 0 radical (unpaired) electrons. The van der Waals surface area contributed by atoms with Crippen LogP contribution in [-0.4, -0.2) is 23.0 Å². The van der Waals surface area contributed by atoms with Crippen molar-refractivity contribution in [2.45, 2.75) is 0 Å². The van der Waals surface area contributed by atoms with E-state index in [1.807, 2.05) is 54.6 Å². The molecule has 0 saturated carbocycles.